The number of halogens is 2. The fourth-order valence-electron chi connectivity index (χ4n) is 2.20. The lowest BCUT2D eigenvalue weighted by Gasteiger charge is -2.03. The summed E-state index contributed by atoms with van der Waals surface area (Å²) in [5.74, 6) is 0. The van der Waals surface area contributed by atoms with E-state index < -0.39 is 5.56 Å². The molecule has 0 atom stereocenters. The molecule has 0 saturated heterocycles. The number of hydrazone groups is 1. The zero-order valence-electron chi connectivity index (χ0n) is 13.2. The minimum atomic E-state index is -0.494. The first-order valence-electron chi connectivity index (χ1n) is 7.35. The predicted octanol–water partition coefficient (Wildman–Crippen LogP) is 3.08. The second-order valence-electron chi connectivity index (χ2n) is 5.23. The third kappa shape index (κ3) is 3.89. The Kier molecular flexibility index (Phi) is 5.16. The molecule has 2 aromatic heterocycles. The molecule has 0 bridgehead atoms. The molecule has 3 rings (SSSR count). The first kappa shape index (κ1) is 17.2. The number of nitrogens with one attached hydrogen (secondary N) is 2. The summed E-state index contributed by atoms with van der Waals surface area (Å²) >= 11 is 12.3. The van der Waals surface area contributed by atoms with Crippen molar-refractivity contribution in [1.29, 1.82) is 0 Å². The van der Waals surface area contributed by atoms with E-state index in [0.717, 1.165) is 11.3 Å². The first-order valence-corrected chi connectivity index (χ1v) is 8.11. The van der Waals surface area contributed by atoms with Gasteiger partial charge in [-0.15, -0.1) is 0 Å². The molecule has 0 fully saturated rings. The molecule has 0 spiro atoms. The molecule has 0 aliphatic rings. The van der Waals surface area contributed by atoms with Gasteiger partial charge in [0.2, 0.25) is 0 Å². The Bertz CT molecular complexity index is 965. The third-order valence-electron chi connectivity index (χ3n) is 3.46. The predicted molar refractivity (Wildman–Crippen MR) is 98.6 cm³/mol. The van der Waals surface area contributed by atoms with Gasteiger partial charge in [0.1, 0.15) is 15.9 Å². The molecule has 0 aliphatic heterocycles. The first-order chi connectivity index (χ1) is 12.1. The van der Waals surface area contributed by atoms with Crippen LogP contribution in [0.3, 0.4) is 0 Å². The molecule has 0 aliphatic carbocycles. The minimum absolute atomic E-state index is 0.0188. The number of aromatic amines is 1. The Morgan fingerprint density at radius 1 is 1.32 bits per heavy atom. The highest BCUT2D eigenvalue weighted by Crippen LogP contribution is 2.20. The number of rotatable bonds is 5. The second-order valence-corrected chi connectivity index (χ2v) is 5.97. The Balaban J connectivity index is 1.79. The van der Waals surface area contributed by atoms with Gasteiger partial charge in [0, 0.05) is 0 Å². The van der Waals surface area contributed by atoms with Crippen molar-refractivity contribution in [3.8, 4) is 0 Å². The molecule has 2 heterocycles. The zero-order chi connectivity index (χ0) is 17.8. The van der Waals surface area contributed by atoms with E-state index in [1.807, 2.05) is 37.3 Å². The van der Waals surface area contributed by atoms with Crippen LogP contribution in [-0.2, 0) is 6.54 Å². The Hall–Kier alpha value is -2.64. The summed E-state index contributed by atoms with van der Waals surface area (Å²) in [4.78, 5) is 11.4. The van der Waals surface area contributed by atoms with Crippen LogP contribution in [0.2, 0.25) is 10.2 Å². The summed E-state index contributed by atoms with van der Waals surface area (Å²) in [6, 6.07) is 9.89. The fraction of sp³-hybridized carbons (Fsp3) is 0.125. The van der Waals surface area contributed by atoms with Gasteiger partial charge in [0.05, 0.1) is 30.2 Å². The molecular weight excluding hydrogens is 363 g/mol. The van der Waals surface area contributed by atoms with E-state index in [0.29, 0.717) is 22.9 Å². The van der Waals surface area contributed by atoms with Crippen molar-refractivity contribution in [3.63, 3.8) is 0 Å². The second kappa shape index (κ2) is 7.50. The summed E-state index contributed by atoms with van der Waals surface area (Å²) in [7, 11) is 0. The standard InChI is InChI=1S/C16H14Cl2N6O/c1-10-12(7-19-21-13-8-20-22-16(25)14(13)17)15(18)24(23-10)9-11-5-3-2-4-6-11/h2-8H,9H2,1H3,(H2,21,22,25)/b19-7-. The van der Waals surface area contributed by atoms with Gasteiger partial charge in [0.25, 0.3) is 5.56 Å². The Morgan fingerprint density at radius 2 is 2.08 bits per heavy atom. The van der Waals surface area contributed by atoms with Crippen molar-refractivity contribution >= 4 is 35.1 Å². The van der Waals surface area contributed by atoms with Crippen LogP contribution < -0.4 is 11.0 Å². The molecule has 25 heavy (non-hydrogen) atoms. The summed E-state index contributed by atoms with van der Waals surface area (Å²) in [5.41, 5.74) is 4.99. The molecule has 0 amide bonds. The molecule has 0 unspecified atom stereocenters. The minimum Gasteiger partial charge on any atom is -0.275 e. The van der Waals surface area contributed by atoms with Crippen LogP contribution in [0.4, 0.5) is 5.69 Å². The number of nitrogens with zero attached hydrogens (tertiary/aromatic N) is 4. The molecular formula is C16H14Cl2N6O. The van der Waals surface area contributed by atoms with Gasteiger partial charge in [-0.3, -0.25) is 10.2 Å². The number of H-pyrrole nitrogens is 1. The lowest BCUT2D eigenvalue weighted by Crippen LogP contribution is -2.10. The largest absolute Gasteiger partial charge is 0.285 e. The van der Waals surface area contributed by atoms with Gasteiger partial charge >= 0.3 is 0 Å². The zero-order valence-corrected chi connectivity index (χ0v) is 14.7. The van der Waals surface area contributed by atoms with Gasteiger partial charge in [0.15, 0.2) is 0 Å². The lowest BCUT2D eigenvalue weighted by atomic mass is 10.2. The van der Waals surface area contributed by atoms with Crippen LogP contribution in [-0.4, -0.2) is 26.2 Å². The van der Waals surface area contributed by atoms with Gasteiger partial charge in [-0.25, -0.2) is 9.78 Å². The summed E-state index contributed by atoms with van der Waals surface area (Å²) in [5, 5.41) is 14.8. The molecule has 7 nitrogen and oxygen atoms in total. The van der Waals surface area contributed by atoms with E-state index in [-0.39, 0.29) is 5.02 Å². The van der Waals surface area contributed by atoms with Gasteiger partial charge in [-0.05, 0) is 12.5 Å². The highest BCUT2D eigenvalue weighted by molar-refractivity contribution is 6.33. The van der Waals surface area contributed by atoms with E-state index in [9.17, 15) is 4.79 Å². The van der Waals surface area contributed by atoms with Crippen molar-refractivity contribution in [1.82, 2.24) is 20.0 Å². The normalized spacial score (nSPS) is 11.2. The smallest absolute Gasteiger partial charge is 0.275 e. The molecule has 3 aromatic rings. The van der Waals surface area contributed by atoms with Crippen molar-refractivity contribution in [2.24, 2.45) is 5.10 Å². The summed E-state index contributed by atoms with van der Waals surface area (Å²) in [6.45, 7) is 2.40. The summed E-state index contributed by atoms with van der Waals surface area (Å²) < 4.78 is 1.70. The van der Waals surface area contributed by atoms with Crippen molar-refractivity contribution in [2.45, 2.75) is 13.5 Å². The van der Waals surface area contributed by atoms with E-state index >= 15 is 0 Å². The van der Waals surface area contributed by atoms with Crippen molar-refractivity contribution in [2.75, 3.05) is 5.43 Å². The third-order valence-corrected chi connectivity index (χ3v) is 4.23. The van der Waals surface area contributed by atoms with E-state index in [4.69, 9.17) is 23.2 Å². The van der Waals surface area contributed by atoms with E-state index in [1.165, 1.54) is 12.4 Å². The highest BCUT2D eigenvalue weighted by Gasteiger charge is 2.12. The number of anilines is 1. The molecule has 2 N–H and O–H groups in total. The maximum absolute atomic E-state index is 11.4. The molecule has 0 radical (unpaired) electrons. The van der Waals surface area contributed by atoms with Crippen molar-refractivity contribution in [3.05, 3.63) is 73.9 Å². The topological polar surface area (TPSA) is 88.0 Å². The van der Waals surface area contributed by atoms with Crippen molar-refractivity contribution < 1.29 is 0 Å². The SMILES string of the molecule is Cc1nn(Cc2ccccc2)c(Cl)c1/C=N\Nc1cn[nH]c(=O)c1Cl. The number of aromatic nitrogens is 4. The van der Waals surface area contributed by atoms with Crippen LogP contribution in [0.1, 0.15) is 16.8 Å². The Morgan fingerprint density at radius 3 is 2.84 bits per heavy atom. The number of hydrogen-bond donors (Lipinski definition) is 2. The van der Waals surface area contributed by atoms with Gasteiger partial charge < -0.3 is 0 Å². The maximum atomic E-state index is 11.4. The average Bonchev–Trinajstić information content (AvgIpc) is 2.87. The van der Waals surface area contributed by atoms with Crippen LogP contribution in [0.25, 0.3) is 0 Å². The van der Waals surface area contributed by atoms with Gasteiger partial charge in [-0.2, -0.15) is 15.3 Å². The summed E-state index contributed by atoms with van der Waals surface area (Å²) in [6.07, 6.45) is 2.90. The number of aryl methyl sites for hydroxylation is 1. The Labute approximate surface area is 153 Å². The molecule has 0 saturated carbocycles. The van der Waals surface area contributed by atoms with Crippen LogP contribution in [0.15, 0.2) is 46.4 Å². The maximum Gasteiger partial charge on any atom is 0.285 e. The highest BCUT2D eigenvalue weighted by atomic mass is 35.5. The molecule has 128 valence electrons. The lowest BCUT2D eigenvalue weighted by molar-refractivity contribution is 0.680. The number of hydrogen-bond acceptors (Lipinski definition) is 5. The van der Waals surface area contributed by atoms with Crippen LogP contribution >= 0.6 is 23.2 Å². The quantitative estimate of drug-likeness (QED) is 0.528. The van der Waals surface area contributed by atoms with Crippen LogP contribution in [0.5, 0.6) is 0 Å². The average molecular weight is 377 g/mol. The fourth-order valence-corrected chi connectivity index (χ4v) is 2.62. The monoisotopic (exact) mass is 376 g/mol. The number of benzene rings is 1. The van der Waals surface area contributed by atoms with Crippen LogP contribution in [0, 0.1) is 6.92 Å². The molecule has 1 aromatic carbocycles. The van der Waals surface area contributed by atoms with E-state index in [2.05, 4.69) is 25.8 Å². The van der Waals surface area contributed by atoms with Gasteiger partial charge in [-0.1, -0.05) is 53.5 Å². The van der Waals surface area contributed by atoms with E-state index in [1.54, 1.807) is 4.68 Å². The molecule has 9 heteroatoms.